The number of pyridine rings is 1. The minimum Gasteiger partial charge on any atom is -0.386 e. The minimum absolute atomic E-state index is 0.0966. The third-order valence-electron chi connectivity index (χ3n) is 3.98. The summed E-state index contributed by atoms with van der Waals surface area (Å²) in [5, 5.41) is 6.06. The van der Waals surface area contributed by atoms with E-state index in [2.05, 4.69) is 21.7 Å². The number of anilines is 2. The van der Waals surface area contributed by atoms with Crippen LogP contribution in [0.15, 0.2) is 36.7 Å². The number of rotatable bonds is 3. The first kappa shape index (κ1) is 13.6. The number of carbonyl (C=O) groups excluding carboxylic acids is 1. The maximum Gasteiger partial charge on any atom is 0.257 e. The average molecular weight is 281 g/mol. The van der Waals surface area contributed by atoms with Crippen LogP contribution in [0.25, 0.3) is 0 Å². The van der Waals surface area contributed by atoms with Crippen molar-refractivity contribution in [3.05, 3.63) is 53.3 Å². The van der Waals surface area contributed by atoms with E-state index in [0.29, 0.717) is 5.56 Å². The van der Waals surface area contributed by atoms with Crippen LogP contribution < -0.4 is 10.6 Å². The molecule has 0 atom stereocenters. The SMILES string of the molecule is CNc1cnccc1C(=O)Nc1cccc2c1CCCC2. The van der Waals surface area contributed by atoms with E-state index in [1.165, 1.54) is 24.0 Å². The number of benzene rings is 1. The van der Waals surface area contributed by atoms with E-state index in [1.807, 2.05) is 12.1 Å². The first-order valence-corrected chi connectivity index (χ1v) is 7.33. The quantitative estimate of drug-likeness (QED) is 0.908. The molecule has 4 nitrogen and oxygen atoms in total. The van der Waals surface area contributed by atoms with Gasteiger partial charge in [0.15, 0.2) is 0 Å². The van der Waals surface area contributed by atoms with Gasteiger partial charge in [-0.15, -0.1) is 0 Å². The second-order valence-corrected chi connectivity index (χ2v) is 5.28. The average Bonchev–Trinajstić information content (AvgIpc) is 2.55. The van der Waals surface area contributed by atoms with Crippen LogP contribution in [0.2, 0.25) is 0 Å². The second-order valence-electron chi connectivity index (χ2n) is 5.28. The minimum atomic E-state index is -0.0966. The molecule has 0 bridgehead atoms. The summed E-state index contributed by atoms with van der Waals surface area (Å²) in [4.78, 5) is 16.5. The van der Waals surface area contributed by atoms with E-state index in [4.69, 9.17) is 0 Å². The molecule has 4 heteroatoms. The summed E-state index contributed by atoms with van der Waals surface area (Å²) in [6, 6.07) is 7.90. The summed E-state index contributed by atoms with van der Waals surface area (Å²) >= 11 is 0. The maximum atomic E-state index is 12.5. The Balaban J connectivity index is 1.88. The van der Waals surface area contributed by atoms with Gasteiger partial charge in [0.25, 0.3) is 5.91 Å². The molecule has 3 rings (SSSR count). The molecule has 0 saturated carbocycles. The Morgan fingerprint density at radius 2 is 2.00 bits per heavy atom. The molecule has 108 valence electrons. The number of amides is 1. The highest BCUT2D eigenvalue weighted by Crippen LogP contribution is 2.28. The van der Waals surface area contributed by atoms with Crippen molar-refractivity contribution in [3.8, 4) is 0 Å². The largest absolute Gasteiger partial charge is 0.386 e. The van der Waals surface area contributed by atoms with Crippen molar-refractivity contribution in [3.63, 3.8) is 0 Å². The third kappa shape index (κ3) is 2.75. The van der Waals surface area contributed by atoms with Gasteiger partial charge in [0.2, 0.25) is 0 Å². The monoisotopic (exact) mass is 281 g/mol. The molecule has 1 aromatic carbocycles. The molecular weight excluding hydrogens is 262 g/mol. The lowest BCUT2D eigenvalue weighted by molar-refractivity contribution is 0.102. The topological polar surface area (TPSA) is 54.0 Å². The van der Waals surface area contributed by atoms with Gasteiger partial charge in [-0.3, -0.25) is 9.78 Å². The molecule has 1 aliphatic carbocycles. The molecular formula is C17H19N3O. The van der Waals surface area contributed by atoms with E-state index in [0.717, 1.165) is 24.2 Å². The highest BCUT2D eigenvalue weighted by Gasteiger charge is 2.16. The van der Waals surface area contributed by atoms with Crippen LogP contribution >= 0.6 is 0 Å². The fraction of sp³-hybridized carbons (Fsp3) is 0.294. The molecule has 0 spiro atoms. The van der Waals surface area contributed by atoms with Crippen molar-refractivity contribution in [2.45, 2.75) is 25.7 Å². The number of nitrogens with one attached hydrogen (secondary N) is 2. The number of aryl methyl sites for hydroxylation is 1. The predicted octanol–water partition coefficient (Wildman–Crippen LogP) is 3.25. The van der Waals surface area contributed by atoms with Crippen LogP contribution in [-0.4, -0.2) is 17.9 Å². The maximum absolute atomic E-state index is 12.5. The van der Waals surface area contributed by atoms with Crippen molar-refractivity contribution in [1.29, 1.82) is 0 Å². The van der Waals surface area contributed by atoms with Crippen LogP contribution in [0, 0.1) is 0 Å². The van der Waals surface area contributed by atoms with Crippen molar-refractivity contribution in [2.75, 3.05) is 17.7 Å². The van der Waals surface area contributed by atoms with Crippen molar-refractivity contribution < 1.29 is 4.79 Å². The Bertz CT molecular complexity index is 667. The van der Waals surface area contributed by atoms with Gasteiger partial charge in [-0.2, -0.15) is 0 Å². The second kappa shape index (κ2) is 5.95. The lowest BCUT2D eigenvalue weighted by atomic mass is 9.90. The first-order chi connectivity index (χ1) is 10.3. The molecule has 2 aromatic rings. The van der Waals surface area contributed by atoms with Crippen LogP contribution in [0.5, 0.6) is 0 Å². The number of hydrogen-bond donors (Lipinski definition) is 2. The Kier molecular flexibility index (Phi) is 3.86. The molecule has 0 fully saturated rings. The Labute approximate surface area is 124 Å². The van der Waals surface area contributed by atoms with Crippen molar-refractivity contribution in [2.24, 2.45) is 0 Å². The molecule has 1 amide bonds. The zero-order valence-electron chi connectivity index (χ0n) is 12.1. The Hall–Kier alpha value is -2.36. The number of aromatic nitrogens is 1. The number of carbonyl (C=O) groups is 1. The summed E-state index contributed by atoms with van der Waals surface area (Å²) in [5.41, 5.74) is 4.94. The lowest BCUT2D eigenvalue weighted by Gasteiger charge is -2.20. The van der Waals surface area contributed by atoms with Crippen LogP contribution in [0.3, 0.4) is 0 Å². The molecule has 1 aromatic heterocycles. The lowest BCUT2D eigenvalue weighted by Crippen LogP contribution is -2.16. The highest BCUT2D eigenvalue weighted by atomic mass is 16.1. The Morgan fingerprint density at radius 1 is 1.14 bits per heavy atom. The standard InChI is InChI=1S/C17H19N3O/c1-18-16-11-19-10-9-14(16)17(21)20-15-8-4-6-12-5-2-3-7-13(12)15/h4,6,8-11,18H,2-3,5,7H2,1H3,(H,20,21). The Morgan fingerprint density at radius 3 is 2.86 bits per heavy atom. The van der Waals surface area contributed by atoms with Gasteiger partial charge in [0.05, 0.1) is 17.4 Å². The fourth-order valence-corrected chi connectivity index (χ4v) is 2.88. The van der Waals surface area contributed by atoms with Crippen LogP contribution in [0.4, 0.5) is 11.4 Å². The van der Waals surface area contributed by atoms with Crippen LogP contribution in [-0.2, 0) is 12.8 Å². The molecule has 0 radical (unpaired) electrons. The zero-order valence-corrected chi connectivity index (χ0v) is 12.1. The molecule has 0 unspecified atom stereocenters. The number of fused-ring (bicyclic) bond motifs is 1. The number of hydrogen-bond acceptors (Lipinski definition) is 3. The van der Waals surface area contributed by atoms with Gasteiger partial charge in [0.1, 0.15) is 0 Å². The van der Waals surface area contributed by atoms with Crippen molar-refractivity contribution >= 4 is 17.3 Å². The van der Waals surface area contributed by atoms with E-state index < -0.39 is 0 Å². The normalized spacial score (nSPS) is 13.4. The summed E-state index contributed by atoms with van der Waals surface area (Å²) in [5.74, 6) is -0.0966. The fourth-order valence-electron chi connectivity index (χ4n) is 2.88. The van der Waals surface area contributed by atoms with Gasteiger partial charge in [-0.05, 0) is 48.9 Å². The van der Waals surface area contributed by atoms with Crippen LogP contribution in [0.1, 0.15) is 34.3 Å². The predicted molar refractivity (Wildman–Crippen MR) is 84.8 cm³/mol. The molecule has 1 aliphatic rings. The van der Waals surface area contributed by atoms with Gasteiger partial charge in [0, 0.05) is 18.9 Å². The van der Waals surface area contributed by atoms with E-state index in [-0.39, 0.29) is 5.91 Å². The van der Waals surface area contributed by atoms with Gasteiger partial charge in [-0.25, -0.2) is 0 Å². The molecule has 1 heterocycles. The van der Waals surface area contributed by atoms with Crippen molar-refractivity contribution in [1.82, 2.24) is 4.98 Å². The van der Waals surface area contributed by atoms with E-state index >= 15 is 0 Å². The third-order valence-corrected chi connectivity index (χ3v) is 3.98. The summed E-state index contributed by atoms with van der Waals surface area (Å²) in [6.45, 7) is 0. The van der Waals surface area contributed by atoms with Gasteiger partial charge < -0.3 is 10.6 Å². The highest BCUT2D eigenvalue weighted by molar-refractivity contribution is 6.08. The van der Waals surface area contributed by atoms with Gasteiger partial charge >= 0.3 is 0 Å². The smallest absolute Gasteiger partial charge is 0.257 e. The summed E-state index contributed by atoms with van der Waals surface area (Å²) in [7, 11) is 1.79. The molecule has 0 aliphatic heterocycles. The zero-order chi connectivity index (χ0) is 14.7. The van der Waals surface area contributed by atoms with E-state index in [9.17, 15) is 4.79 Å². The molecule has 0 saturated heterocycles. The summed E-state index contributed by atoms with van der Waals surface area (Å²) < 4.78 is 0. The molecule has 21 heavy (non-hydrogen) atoms. The summed E-state index contributed by atoms with van der Waals surface area (Å²) in [6.07, 6.45) is 7.87. The molecule has 2 N–H and O–H groups in total. The van der Waals surface area contributed by atoms with E-state index in [1.54, 1.807) is 25.5 Å². The first-order valence-electron chi connectivity index (χ1n) is 7.33. The number of nitrogens with zero attached hydrogens (tertiary/aromatic N) is 1. The van der Waals surface area contributed by atoms with Gasteiger partial charge in [-0.1, -0.05) is 12.1 Å².